The van der Waals surface area contributed by atoms with Gasteiger partial charge in [-0.25, -0.2) is 4.79 Å². The molecular weight excluding hydrogens is 376 g/mol. The minimum Gasteiger partial charge on any atom is -0.410 e. The monoisotopic (exact) mass is 400 g/mol. The van der Waals surface area contributed by atoms with Crippen LogP contribution in [-0.2, 0) is 6.54 Å². The highest BCUT2D eigenvalue weighted by molar-refractivity contribution is 6.30. The second kappa shape index (κ2) is 9.22. The lowest BCUT2D eigenvalue weighted by atomic mass is 9.89. The van der Waals surface area contributed by atoms with Crippen LogP contribution in [0.5, 0.6) is 5.75 Å². The quantitative estimate of drug-likeness (QED) is 0.693. The number of nitrogens with zero attached hydrogens (tertiary/aromatic N) is 2. The summed E-state index contributed by atoms with van der Waals surface area (Å²) in [7, 11) is 4.04. The standard InChI is InChI=1S/C22H25ClN2O3/c1-24(2)15-16-3-5-17(6-4-16)21(26)18-11-13-25(14-12-18)22(27)28-20-9-7-19(23)8-10-20/h3-10,18H,11-15H2,1-2H3. The van der Waals surface area contributed by atoms with Gasteiger partial charge >= 0.3 is 6.09 Å². The molecule has 0 spiro atoms. The van der Waals surface area contributed by atoms with Crippen LogP contribution in [0.25, 0.3) is 0 Å². The van der Waals surface area contributed by atoms with Crippen LogP contribution in [-0.4, -0.2) is 48.9 Å². The zero-order valence-electron chi connectivity index (χ0n) is 16.2. The molecule has 3 rings (SSSR count). The molecule has 2 aromatic carbocycles. The predicted octanol–water partition coefficient (Wildman–Crippen LogP) is 4.50. The second-order valence-corrected chi connectivity index (χ2v) is 7.82. The number of carbonyl (C=O) groups excluding carboxylic acids is 2. The van der Waals surface area contributed by atoms with Gasteiger partial charge in [0.05, 0.1) is 0 Å². The first-order chi connectivity index (χ1) is 13.4. The maximum atomic E-state index is 12.8. The van der Waals surface area contributed by atoms with Crippen molar-refractivity contribution in [2.75, 3.05) is 27.2 Å². The Morgan fingerprint density at radius 3 is 2.21 bits per heavy atom. The highest BCUT2D eigenvalue weighted by Gasteiger charge is 2.28. The maximum Gasteiger partial charge on any atom is 0.415 e. The Kier molecular flexibility index (Phi) is 6.70. The van der Waals surface area contributed by atoms with Crippen molar-refractivity contribution in [3.05, 3.63) is 64.7 Å². The number of ketones is 1. The van der Waals surface area contributed by atoms with E-state index in [0.29, 0.717) is 36.7 Å². The molecule has 0 unspecified atom stereocenters. The number of rotatable bonds is 5. The molecule has 2 aromatic rings. The fourth-order valence-corrected chi connectivity index (χ4v) is 3.49. The summed E-state index contributed by atoms with van der Waals surface area (Å²) in [6, 6.07) is 14.5. The van der Waals surface area contributed by atoms with Gasteiger partial charge in [0.15, 0.2) is 5.78 Å². The summed E-state index contributed by atoms with van der Waals surface area (Å²) >= 11 is 5.84. The molecule has 6 heteroatoms. The number of hydrogen-bond acceptors (Lipinski definition) is 4. The van der Waals surface area contributed by atoms with Gasteiger partial charge in [-0.05, 0) is 56.8 Å². The summed E-state index contributed by atoms with van der Waals surface area (Å²) in [5, 5.41) is 0.592. The molecule has 1 aliphatic heterocycles. The molecule has 0 N–H and O–H groups in total. The Bertz CT molecular complexity index is 811. The minimum atomic E-state index is -0.388. The summed E-state index contributed by atoms with van der Waals surface area (Å²) in [5.74, 6) is 0.562. The van der Waals surface area contributed by atoms with Gasteiger partial charge in [-0.3, -0.25) is 4.79 Å². The lowest BCUT2D eigenvalue weighted by Gasteiger charge is -2.30. The van der Waals surface area contributed by atoms with Crippen molar-refractivity contribution in [2.45, 2.75) is 19.4 Å². The highest BCUT2D eigenvalue weighted by atomic mass is 35.5. The van der Waals surface area contributed by atoms with Crippen molar-refractivity contribution < 1.29 is 14.3 Å². The Morgan fingerprint density at radius 1 is 1.04 bits per heavy atom. The van der Waals surface area contributed by atoms with E-state index in [1.807, 2.05) is 38.4 Å². The van der Waals surface area contributed by atoms with E-state index in [2.05, 4.69) is 4.90 Å². The van der Waals surface area contributed by atoms with Crippen LogP contribution in [0, 0.1) is 5.92 Å². The number of benzene rings is 2. The third-order valence-electron chi connectivity index (χ3n) is 4.88. The van der Waals surface area contributed by atoms with Crippen molar-refractivity contribution in [3.63, 3.8) is 0 Å². The van der Waals surface area contributed by atoms with Crippen LogP contribution < -0.4 is 4.74 Å². The fraction of sp³-hybridized carbons (Fsp3) is 0.364. The molecule has 0 saturated carbocycles. The van der Waals surface area contributed by atoms with Crippen molar-refractivity contribution in [3.8, 4) is 5.75 Å². The van der Waals surface area contributed by atoms with Crippen molar-refractivity contribution >= 4 is 23.5 Å². The van der Waals surface area contributed by atoms with Gasteiger partial charge in [0.25, 0.3) is 0 Å². The molecular formula is C22H25ClN2O3. The number of ether oxygens (including phenoxy) is 1. The average Bonchev–Trinajstić information content (AvgIpc) is 2.69. The van der Waals surface area contributed by atoms with E-state index >= 15 is 0 Å². The molecule has 0 bridgehead atoms. The molecule has 0 aliphatic carbocycles. The SMILES string of the molecule is CN(C)Cc1ccc(C(=O)C2CCN(C(=O)Oc3ccc(Cl)cc3)CC2)cc1. The second-order valence-electron chi connectivity index (χ2n) is 7.38. The van der Waals surface area contributed by atoms with Crippen molar-refractivity contribution in [2.24, 2.45) is 5.92 Å². The summed E-state index contributed by atoms with van der Waals surface area (Å²) in [4.78, 5) is 28.8. The van der Waals surface area contributed by atoms with E-state index in [4.69, 9.17) is 16.3 Å². The number of carbonyl (C=O) groups is 2. The number of piperidine rings is 1. The Balaban J connectivity index is 1.52. The van der Waals surface area contributed by atoms with E-state index in [1.54, 1.807) is 29.2 Å². The fourth-order valence-electron chi connectivity index (χ4n) is 3.37. The zero-order chi connectivity index (χ0) is 20.1. The largest absolute Gasteiger partial charge is 0.415 e. The summed E-state index contributed by atoms with van der Waals surface area (Å²) in [6.45, 7) is 1.88. The van der Waals surface area contributed by atoms with Gasteiger partial charge in [0.2, 0.25) is 0 Å². The zero-order valence-corrected chi connectivity index (χ0v) is 17.0. The number of hydrogen-bond donors (Lipinski definition) is 0. The molecule has 0 radical (unpaired) electrons. The van der Waals surface area contributed by atoms with E-state index in [9.17, 15) is 9.59 Å². The molecule has 148 valence electrons. The first-order valence-electron chi connectivity index (χ1n) is 9.42. The molecule has 1 fully saturated rings. The van der Waals surface area contributed by atoms with Crippen molar-refractivity contribution in [1.82, 2.24) is 9.80 Å². The van der Waals surface area contributed by atoms with Crippen LogP contribution in [0.1, 0.15) is 28.8 Å². The topological polar surface area (TPSA) is 49.9 Å². The molecule has 1 aliphatic rings. The van der Waals surface area contributed by atoms with E-state index < -0.39 is 0 Å². The molecule has 1 heterocycles. The molecule has 1 amide bonds. The predicted molar refractivity (Wildman–Crippen MR) is 110 cm³/mol. The Hall–Kier alpha value is -2.37. The molecule has 5 nitrogen and oxygen atoms in total. The minimum absolute atomic E-state index is 0.0562. The van der Waals surface area contributed by atoms with Gasteiger partial charge in [-0.15, -0.1) is 0 Å². The van der Waals surface area contributed by atoms with Gasteiger partial charge in [-0.2, -0.15) is 0 Å². The highest BCUT2D eigenvalue weighted by Crippen LogP contribution is 2.23. The van der Waals surface area contributed by atoms with Gasteiger partial charge in [0.1, 0.15) is 5.75 Å². The van der Waals surface area contributed by atoms with E-state index in [1.165, 1.54) is 5.56 Å². The van der Waals surface area contributed by atoms with E-state index in [0.717, 1.165) is 12.1 Å². The van der Waals surface area contributed by atoms with Crippen LogP contribution in [0.3, 0.4) is 0 Å². The van der Waals surface area contributed by atoms with Crippen LogP contribution in [0.15, 0.2) is 48.5 Å². The smallest absolute Gasteiger partial charge is 0.410 e. The van der Waals surface area contributed by atoms with E-state index in [-0.39, 0.29) is 17.8 Å². The Morgan fingerprint density at radius 2 is 1.64 bits per heavy atom. The van der Waals surface area contributed by atoms with Crippen molar-refractivity contribution in [1.29, 1.82) is 0 Å². The molecule has 1 saturated heterocycles. The lowest BCUT2D eigenvalue weighted by molar-refractivity contribution is 0.0829. The normalized spacial score (nSPS) is 14.9. The first-order valence-corrected chi connectivity index (χ1v) is 9.80. The molecule has 0 atom stereocenters. The summed E-state index contributed by atoms with van der Waals surface area (Å²) < 4.78 is 5.37. The average molecular weight is 401 g/mol. The van der Waals surface area contributed by atoms with Crippen LogP contribution in [0.2, 0.25) is 5.02 Å². The molecule has 0 aromatic heterocycles. The first kappa shape index (κ1) is 20.4. The maximum absolute atomic E-state index is 12.8. The number of halogens is 1. The number of amides is 1. The van der Waals surface area contributed by atoms with Gasteiger partial charge in [0, 0.05) is 36.1 Å². The van der Waals surface area contributed by atoms with Gasteiger partial charge < -0.3 is 14.5 Å². The number of likely N-dealkylation sites (tertiary alicyclic amines) is 1. The summed E-state index contributed by atoms with van der Waals surface area (Å²) in [5.41, 5.74) is 1.92. The third-order valence-corrected chi connectivity index (χ3v) is 5.13. The van der Waals surface area contributed by atoms with Crippen LogP contribution in [0.4, 0.5) is 4.79 Å². The Labute approximate surface area is 170 Å². The van der Waals surface area contributed by atoms with Gasteiger partial charge in [-0.1, -0.05) is 35.9 Å². The summed E-state index contributed by atoms with van der Waals surface area (Å²) in [6.07, 6.45) is 0.906. The number of Topliss-reactive ketones (excluding diaryl/α,β-unsaturated/α-hetero) is 1. The lowest BCUT2D eigenvalue weighted by Crippen LogP contribution is -2.41. The van der Waals surface area contributed by atoms with Crippen LogP contribution >= 0.6 is 11.6 Å². The third kappa shape index (κ3) is 5.33. The molecule has 28 heavy (non-hydrogen) atoms.